The minimum atomic E-state index is -3.67. The monoisotopic (exact) mass is 354 g/mol. The summed E-state index contributed by atoms with van der Waals surface area (Å²) in [6.07, 6.45) is 0. The molecule has 1 aromatic heterocycles. The molecule has 0 radical (unpaired) electrons. The largest absolute Gasteiger partial charge is 0.452 e. The molecule has 110 valence electrons. The highest BCUT2D eigenvalue weighted by Gasteiger charge is 2.29. The Bertz CT molecular complexity index is 525. The maximum Gasteiger partial charge on any atom is 0.245 e. The lowest BCUT2D eigenvalue weighted by atomic mass is 10.1. The number of hydrogen-bond donors (Lipinski definition) is 2. The van der Waals surface area contributed by atoms with Gasteiger partial charge in [-0.2, -0.15) is 0 Å². The molecule has 0 unspecified atom stereocenters. The van der Waals surface area contributed by atoms with Crippen molar-refractivity contribution in [1.82, 2.24) is 10.0 Å². The number of methoxy groups -OCH3 is 1. The minimum absolute atomic E-state index is 0.0851. The number of rotatable bonds is 7. The fraction of sp³-hybridized carbons (Fsp3) is 0.636. The molecule has 0 fully saturated rings. The highest BCUT2D eigenvalue weighted by molar-refractivity contribution is 9.10. The molecule has 1 rings (SSSR count). The molecule has 0 spiro atoms. The van der Waals surface area contributed by atoms with Crippen LogP contribution in [0.2, 0.25) is 0 Å². The minimum Gasteiger partial charge on any atom is -0.452 e. The van der Waals surface area contributed by atoms with Gasteiger partial charge in [0.2, 0.25) is 10.0 Å². The van der Waals surface area contributed by atoms with Crippen LogP contribution in [0.5, 0.6) is 0 Å². The predicted molar refractivity (Wildman–Crippen MR) is 75.4 cm³/mol. The smallest absolute Gasteiger partial charge is 0.245 e. The van der Waals surface area contributed by atoms with E-state index in [4.69, 9.17) is 9.15 Å². The fourth-order valence-corrected chi connectivity index (χ4v) is 4.05. The summed E-state index contributed by atoms with van der Waals surface area (Å²) in [6.45, 7) is 4.22. The number of halogens is 1. The zero-order chi connectivity index (χ0) is 14.7. The lowest BCUT2D eigenvalue weighted by molar-refractivity contribution is 0.141. The lowest BCUT2D eigenvalue weighted by Crippen LogP contribution is -2.46. The van der Waals surface area contributed by atoms with Crippen LogP contribution >= 0.6 is 15.9 Å². The Hall–Kier alpha value is -0.410. The molecule has 0 aromatic carbocycles. The van der Waals surface area contributed by atoms with E-state index in [9.17, 15) is 8.42 Å². The molecule has 0 aliphatic carbocycles. The number of nitrogens with one attached hydrogen (secondary N) is 2. The van der Waals surface area contributed by atoms with Crippen LogP contribution in [0.25, 0.3) is 0 Å². The van der Waals surface area contributed by atoms with E-state index in [0.717, 1.165) is 0 Å². The van der Waals surface area contributed by atoms with Gasteiger partial charge in [0.15, 0.2) is 4.67 Å². The van der Waals surface area contributed by atoms with Gasteiger partial charge in [-0.3, -0.25) is 0 Å². The van der Waals surface area contributed by atoms with E-state index < -0.39 is 15.6 Å². The van der Waals surface area contributed by atoms with E-state index in [2.05, 4.69) is 26.0 Å². The zero-order valence-corrected chi connectivity index (χ0v) is 13.8. The Balaban J connectivity index is 3.00. The molecule has 8 heteroatoms. The Morgan fingerprint density at radius 2 is 2.11 bits per heavy atom. The first-order chi connectivity index (χ1) is 8.72. The van der Waals surface area contributed by atoms with Crippen molar-refractivity contribution in [2.75, 3.05) is 20.8 Å². The molecule has 0 aliphatic rings. The van der Waals surface area contributed by atoms with Gasteiger partial charge in [-0.25, -0.2) is 13.1 Å². The van der Waals surface area contributed by atoms with Crippen molar-refractivity contribution in [2.24, 2.45) is 0 Å². The average Bonchev–Trinajstić information content (AvgIpc) is 2.59. The summed E-state index contributed by atoms with van der Waals surface area (Å²) in [5.74, 6) is 0.541. The molecule has 0 saturated carbocycles. The van der Waals surface area contributed by atoms with Crippen molar-refractivity contribution in [3.05, 3.63) is 16.5 Å². The topological polar surface area (TPSA) is 80.6 Å². The second kappa shape index (κ2) is 6.36. The van der Waals surface area contributed by atoms with Gasteiger partial charge in [-0.1, -0.05) is 0 Å². The third-order valence-corrected chi connectivity index (χ3v) is 4.82. The van der Waals surface area contributed by atoms with E-state index in [1.54, 1.807) is 20.9 Å². The van der Waals surface area contributed by atoms with Crippen molar-refractivity contribution < 1.29 is 17.6 Å². The zero-order valence-electron chi connectivity index (χ0n) is 11.4. The second-order valence-corrected chi connectivity index (χ2v) is 7.17. The van der Waals surface area contributed by atoms with Gasteiger partial charge in [-0.05, 0) is 36.8 Å². The SMILES string of the molecule is CNCc1cc(S(=O)(=O)NC(C)(C)COC)c(Br)o1. The summed E-state index contributed by atoms with van der Waals surface area (Å²) in [6, 6.07) is 1.49. The number of ether oxygens (including phenoxy) is 1. The first-order valence-corrected chi connectivity index (χ1v) is 7.95. The molecule has 2 N–H and O–H groups in total. The molecule has 0 bridgehead atoms. The summed E-state index contributed by atoms with van der Waals surface area (Å²) in [5, 5.41) is 2.89. The van der Waals surface area contributed by atoms with Crippen molar-refractivity contribution in [3.63, 3.8) is 0 Å². The van der Waals surface area contributed by atoms with Crippen LogP contribution in [0, 0.1) is 0 Å². The first kappa shape index (κ1) is 16.6. The second-order valence-electron chi connectivity index (χ2n) is 4.80. The number of hydrogen-bond acceptors (Lipinski definition) is 5. The third-order valence-electron chi connectivity index (χ3n) is 2.26. The van der Waals surface area contributed by atoms with Gasteiger partial charge >= 0.3 is 0 Å². The van der Waals surface area contributed by atoms with Crippen molar-refractivity contribution in [3.8, 4) is 0 Å². The molecule has 19 heavy (non-hydrogen) atoms. The van der Waals surface area contributed by atoms with Crippen LogP contribution in [0.15, 0.2) is 20.0 Å². The van der Waals surface area contributed by atoms with E-state index in [0.29, 0.717) is 12.3 Å². The summed E-state index contributed by atoms with van der Waals surface area (Å²) >= 11 is 3.12. The van der Waals surface area contributed by atoms with Gasteiger partial charge in [0, 0.05) is 13.2 Å². The normalized spacial score (nSPS) is 12.9. The standard InChI is InChI=1S/C11H19BrN2O4S/c1-11(2,7-17-4)14-19(15,16)9-5-8(6-13-3)18-10(9)12/h5,13-14H,6-7H2,1-4H3. The highest BCUT2D eigenvalue weighted by atomic mass is 79.9. The maximum absolute atomic E-state index is 12.3. The van der Waals surface area contributed by atoms with Gasteiger partial charge in [0.1, 0.15) is 10.7 Å². The van der Waals surface area contributed by atoms with Crippen LogP contribution in [-0.2, 0) is 21.3 Å². The summed E-state index contributed by atoms with van der Waals surface area (Å²) in [7, 11) is -0.390. The Morgan fingerprint density at radius 1 is 1.47 bits per heavy atom. The van der Waals surface area contributed by atoms with Crippen LogP contribution in [0.3, 0.4) is 0 Å². The highest BCUT2D eigenvalue weighted by Crippen LogP contribution is 2.27. The summed E-state index contributed by atoms with van der Waals surface area (Å²) < 4.78 is 37.7. The Labute approximate surface area is 122 Å². The van der Waals surface area contributed by atoms with E-state index in [1.807, 2.05) is 0 Å². The van der Waals surface area contributed by atoms with Crippen LogP contribution in [0.1, 0.15) is 19.6 Å². The van der Waals surface area contributed by atoms with Gasteiger partial charge in [-0.15, -0.1) is 0 Å². The van der Waals surface area contributed by atoms with Crippen LogP contribution in [0.4, 0.5) is 0 Å². The molecular formula is C11H19BrN2O4S. The van der Waals surface area contributed by atoms with E-state index in [-0.39, 0.29) is 16.2 Å². The average molecular weight is 355 g/mol. The molecule has 0 saturated heterocycles. The molecule has 0 aliphatic heterocycles. The molecule has 0 atom stereocenters. The third kappa shape index (κ3) is 4.57. The van der Waals surface area contributed by atoms with Gasteiger partial charge in [0.05, 0.1) is 18.7 Å². The predicted octanol–water partition coefficient (Wildman–Crippen LogP) is 1.46. The van der Waals surface area contributed by atoms with Crippen LogP contribution in [-0.4, -0.2) is 34.7 Å². The molecule has 6 nitrogen and oxygen atoms in total. The molecule has 1 aromatic rings. The van der Waals surface area contributed by atoms with Crippen molar-refractivity contribution in [2.45, 2.75) is 30.8 Å². The van der Waals surface area contributed by atoms with E-state index in [1.165, 1.54) is 13.2 Å². The van der Waals surface area contributed by atoms with Crippen molar-refractivity contribution >= 4 is 26.0 Å². The Kier molecular flexibility index (Phi) is 5.57. The Morgan fingerprint density at radius 3 is 2.63 bits per heavy atom. The van der Waals surface area contributed by atoms with Crippen molar-refractivity contribution in [1.29, 1.82) is 0 Å². The van der Waals surface area contributed by atoms with Crippen LogP contribution < -0.4 is 10.0 Å². The van der Waals surface area contributed by atoms with Gasteiger partial charge < -0.3 is 14.5 Å². The molecule has 0 amide bonds. The summed E-state index contributed by atoms with van der Waals surface area (Å²) in [4.78, 5) is 0.0851. The number of furan rings is 1. The number of sulfonamides is 1. The van der Waals surface area contributed by atoms with E-state index >= 15 is 0 Å². The molecular weight excluding hydrogens is 336 g/mol. The fourth-order valence-electron chi connectivity index (χ4n) is 1.65. The summed E-state index contributed by atoms with van der Waals surface area (Å²) in [5.41, 5.74) is -0.701. The van der Waals surface area contributed by atoms with Gasteiger partial charge in [0.25, 0.3) is 0 Å². The molecule has 1 heterocycles. The quantitative estimate of drug-likeness (QED) is 0.774. The maximum atomic E-state index is 12.3. The first-order valence-electron chi connectivity index (χ1n) is 5.67. The lowest BCUT2D eigenvalue weighted by Gasteiger charge is -2.24.